The first-order valence-electron chi connectivity index (χ1n) is 7.72. The highest BCUT2D eigenvalue weighted by Crippen LogP contribution is 2.37. The summed E-state index contributed by atoms with van der Waals surface area (Å²) in [5, 5.41) is 9.48. The highest BCUT2D eigenvalue weighted by molar-refractivity contribution is 5.46. The SMILES string of the molecule is COc1ccccc1CN(C)c1cc(C2CC(O)C2)nc(N)n1. The summed E-state index contributed by atoms with van der Waals surface area (Å²) < 4.78 is 5.39. The molecule has 0 bridgehead atoms. The van der Waals surface area contributed by atoms with Crippen molar-refractivity contribution in [1.82, 2.24) is 9.97 Å². The van der Waals surface area contributed by atoms with Gasteiger partial charge in [0, 0.05) is 31.1 Å². The van der Waals surface area contributed by atoms with Crippen LogP contribution in [0.25, 0.3) is 0 Å². The van der Waals surface area contributed by atoms with Crippen molar-refractivity contribution in [3.05, 3.63) is 41.6 Å². The van der Waals surface area contributed by atoms with Gasteiger partial charge in [-0.15, -0.1) is 0 Å². The number of para-hydroxylation sites is 1. The summed E-state index contributed by atoms with van der Waals surface area (Å²) in [5.41, 5.74) is 7.85. The largest absolute Gasteiger partial charge is 0.496 e. The van der Waals surface area contributed by atoms with Crippen molar-refractivity contribution >= 4 is 11.8 Å². The monoisotopic (exact) mass is 314 g/mol. The molecule has 1 aromatic carbocycles. The lowest BCUT2D eigenvalue weighted by Crippen LogP contribution is -2.28. The first-order valence-corrected chi connectivity index (χ1v) is 7.72. The van der Waals surface area contributed by atoms with E-state index in [2.05, 4.69) is 9.97 Å². The Morgan fingerprint density at radius 2 is 2.04 bits per heavy atom. The van der Waals surface area contributed by atoms with E-state index in [0.29, 0.717) is 6.54 Å². The zero-order chi connectivity index (χ0) is 16.4. The van der Waals surface area contributed by atoms with Crippen LogP contribution >= 0.6 is 0 Å². The van der Waals surface area contributed by atoms with E-state index in [-0.39, 0.29) is 18.0 Å². The number of ether oxygens (including phenoxy) is 1. The predicted molar refractivity (Wildman–Crippen MR) is 89.5 cm³/mol. The van der Waals surface area contributed by atoms with Crippen molar-refractivity contribution in [2.24, 2.45) is 0 Å². The van der Waals surface area contributed by atoms with Crippen molar-refractivity contribution in [2.45, 2.75) is 31.4 Å². The maximum absolute atomic E-state index is 9.48. The van der Waals surface area contributed by atoms with E-state index in [1.807, 2.05) is 42.3 Å². The molecule has 0 radical (unpaired) electrons. The molecule has 1 heterocycles. The first kappa shape index (κ1) is 15.6. The number of nitrogens with two attached hydrogens (primary N) is 1. The van der Waals surface area contributed by atoms with Crippen molar-refractivity contribution in [2.75, 3.05) is 24.8 Å². The number of anilines is 2. The molecule has 3 N–H and O–H groups in total. The smallest absolute Gasteiger partial charge is 0.222 e. The van der Waals surface area contributed by atoms with Crippen LogP contribution < -0.4 is 15.4 Å². The Kier molecular flexibility index (Phi) is 4.34. The lowest BCUT2D eigenvalue weighted by Gasteiger charge is -2.31. The Labute approximate surface area is 135 Å². The number of nitrogens with zero attached hydrogens (tertiary/aromatic N) is 3. The van der Waals surface area contributed by atoms with Crippen molar-refractivity contribution in [3.63, 3.8) is 0 Å². The number of benzene rings is 1. The minimum Gasteiger partial charge on any atom is -0.496 e. The molecule has 0 atom stereocenters. The van der Waals surface area contributed by atoms with Crippen molar-refractivity contribution < 1.29 is 9.84 Å². The van der Waals surface area contributed by atoms with Crippen LogP contribution in [0.1, 0.15) is 30.0 Å². The summed E-state index contributed by atoms with van der Waals surface area (Å²) in [6, 6.07) is 9.87. The van der Waals surface area contributed by atoms with Crippen LogP contribution in [0.2, 0.25) is 0 Å². The molecule has 1 fully saturated rings. The maximum atomic E-state index is 9.48. The summed E-state index contributed by atoms with van der Waals surface area (Å²) in [4.78, 5) is 10.7. The molecule has 23 heavy (non-hydrogen) atoms. The second kappa shape index (κ2) is 6.42. The van der Waals surface area contributed by atoms with Gasteiger partial charge in [0.05, 0.1) is 18.9 Å². The van der Waals surface area contributed by atoms with Crippen LogP contribution in [0.5, 0.6) is 5.75 Å². The fourth-order valence-corrected chi connectivity index (χ4v) is 2.88. The molecule has 1 aliphatic carbocycles. The molecule has 3 rings (SSSR count). The van der Waals surface area contributed by atoms with E-state index >= 15 is 0 Å². The molecule has 0 unspecified atom stereocenters. The van der Waals surface area contributed by atoms with Crippen LogP contribution in [0.3, 0.4) is 0 Å². The Balaban J connectivity index is 1.80. The third-order valence-corrected chi connectivity index (χ3v) is 4.27. The molecule has 122 valence electrons. The molecular formula is C17H22N4O2. The summed E-state index contributed by atoms with van der Waals surface area (Å²) >= 11 is 0. The van der Waals surface area contributed by atoms with Crippen LogP contribution in [-0.2, 0) is 6.54 Å². The molecule has 1 aliphatic rings. The molecule has 6 nitrogen and oxygen atoms in total. The van der Waals surface area contributed by atoms with Crippen LogP contribution in [0, 0.1) is 0 Å². The van der Waals surface area contributed by atoms with E-state index < -0.39 is 0 Å². The Morgan fingerprint density at radius 3 is 2.74 bits per heavy atom. The Bertz CT molecular complexity index is 686. The highest BCUT2D eigenvalue weighted by Gasteiger charge is 2.30. The van der Waals surface area contributed by atoms with Gasteiger partial charge in [-0.2, -0.15) is 4.98 Å². The minimum atomic E-state index is -0.217. The second-order valence-corrected chi connectivity index (χ2v) is 6.00. The zero-order valence-electron chi connectivity index (χ0n) is 13.4. The number of nitrogen functional groups attached to an aromatic ring is 1. The Morgan fingerprint density at radius 1 is 1.30 bits per heavy atom. The summed E-state index contributed by atoms with van der Waals surface area (Å²) in [6.45, 7) is 0.660. The van der Waals surface area contributed by atoms with Gasteiger partial charge in [-0.25, -0.2) is 4.98 Å². The number of aromatic nitrogens is 2. The molecule has 0 saturated heterocycles. The van der Waals surface area contributed by atoms with E-state index in [1.165, 1.54) is 0 Å². The second-order valence-electron chi connectivity index (χ2n) is 6.00. The van der Waals surface area contributed by atoms with Crippen LogP contribution in [0.15, 0.2) is 30.3 Å². The van der Waals surface area contributed by atoms with E-state index in [9.17, 15) is 5.11 Å². The number of hydrogen-bond acceptors (Lipinski definition) is 6. The summed E-state index contributed by atoms with van der Waals surface area (Å²) in [6.07, 6.45) is 1.27. The molecule has 1 saturated carbocycles. The fourth-order valence-electron chi connectivity index (χ4n) is 2.88. The molecule has 2 aromatic rings. The van der Waals surface area contributed by atoms with Crippen molar-refractivity contribution in [1.29, 1.82) is 0 Å². The van der Waals surface area contributed by atoms with Crippen LogP contribution in [0.4, 0.5) is 11.8 Å². The van der Waals surface area contributed by atoms with Gasteiger partial charge in [-0.1, -0.05) is 18.2 Å². The number of methoxy groups -OCH3 is 1. The standard InChI is InChI=1S/C17H22N4O2/c1-21(10-11-5-3-4-6-15(11)23-2)16-9-14(19-17(18)20-16)12-7-13(22)8-12/h3-6,9,12-13,22H,7-8,10H2,1-2H3,(H2,18,19,20). The number of hydrogen-bond donors (Lipinski definition) is 2. The average Bonchev–Trinajstić information content (AvgIpc) is 2.51. The molecule has 0 aliphatic heterocycles. The molecule has 1 aromatic heterocycles. The summed E-state index contributed by atoms with van der Waals surface area (Å²) in [7, 11) is 3.63. The Hall–Kier alpha value is -2.34. The molecular weight excluding hydrogens is 292 g/mol. The number of aliphatic hydroxyl groups excluding tert-OH is 1. The van der Waals surface area contributed by atoms with Gasteiger partial charge in [0.15, 0.2) is 0 Å². The third kappa shape index (κ3) is 3.37. The van der Waals surface area contributed by atoms with Gasteiger partial charge >= 0.3 is 0 Å². The van der Waals surface area contributed by atoms with Gasteiger partial charge in [-0.3, -0.25) is 0 Å². The lowest BCUT2D eigenvalue weighted by atomic mass is 9.80. The molecule has 0 spiro atoms. The first-order chi connectivity index (χ1) is 11.1. The van der Waals surface area contributed by atoms with Gasteiger partial charge in [-0.05, 0) is 18.9 Å². The van der Waals surface area contributed by atoms with Gasteiger partial charge in [0.1, 0.15) is 11.6 Å². The number of aliphatic hydroxyl groups is 1. The molecule has 6 heteroatoms. The quantitative estimate of drug-likeness (QED) is 0.877. The minimum absolute atomic E-state index is 0.217. The van der Waals surface area contributed by atoms with Gasteiger partial charge in [0.2, 0.25) is 5.95 Å². The van der Waals surface area contributed by atoms with E-state index in [1.54, 1.807) is 7.11 Å². The van der Waals surface area contributed by atoms with Gasteiger partial charge in [0.25, 0.3) is 0 Å². The van der Waals surface area contributed by atoms with Crippen LogP contribution in [-0.4, -0.2) is 35.3 Å². The highest BCUT2D eigenvalue weighted by atomic mass is 16.5. The van der Waals surface area contributed by atoms with E-state index in [4.69, 9.17) is 10.5 Å². The third-order valence-electron chi connectivity index (χ3n) is 4.27. The normalized spacial score (nSPS) is 20.0. The number of rotatable bonds is 5. The predicted octanol–water partition coefficient (Wildman–Crippen LogP) is 1.94. The maximum Gasteiger partial charge on any atom is 0.222 e. The topological polar surface area (TPSA) is 84.5 Å². The summed E-state index contributed by atoms with van der Waals surface area (Å²) in [5.74, 6) is 2.17. The van der Waals surface area contributed by atoms with E-state index in [0.717, 1.165) is 35.7 Å². The molecule has 0 amide bonds. The lowest BCUT2D eigenvalue weighted by molar-refractivity contribution is 0.0732. The average molecular weight is 314 g/mol. The van der Waals surface area contributed by atoms with Gasteiger partial charge < -0.3 is 20.5 Å². The zero-order valence-corrected chi connectivity index (χ0v) is 13.4. The van der Waals surface area contributed by atoms with Crippen molar-refractivity contribution in [3.8, 4) is 5.75 Å². The fraction of sp³-hybridized carbons (Fsp3) is 0.412.